The van der Waals surface area contributed by atoms with Crippen LogP contribution < -0.4 is 4.72 Å². The number of rotatable bonds is 5. The van der Waals surface area contributed by atoms with Crippen molar-refractivity contribution in [2.24, 2.45) is 5.92 Å². The summed E-state index contributed by atoms with van der Waals surface area (Å²) in [6.45, 7) is 3.58. The highest BCUT2D eigenvalue weighted by Gasteiger charge is 2.26. The van der Waals surface area contributed by atoms with E-state index in [0.29, 0.717) is 19.0 Å². The zero-order valence-corrected chi connectivity index (χ0v) is 14.0. The van der Waals surface area contributed by atoms with E-state index in [2.05, 4.69) is 16.7 Å². The first kappa shape index (κ1) is 16.2. The van der Waals surface area contributed by atoms with Crippen LogP contribution in [0.1, 0.15) is 25.3 Å². The molecule has 1 atom stereocenters. The van der Waals surface area contributed by atoms with Crippen molar-refractivity contribution < 1.29 is 8.42 Å². The van der Waals surface area contributed by atoms with Crippen molar-refractivity contribution in [3.63, 3.8) is 0 Å². The molecule has 124 valence electrons. The Morgan fingerprint density at radius 3 is 2.96 bits per heavy atom. The van der Waals surface area contributed by atoms with Crippen molar-refractivity contribution in [1.82, 2.24) is 18.8 Å². The number of nitrogens with one attached hydrogen (secondary N) is 1. The second kappa shape index (κ2) is 6.82. The molecular formula is C16H22N4O2S. The van der Waals surface area contributed by atoms with Crippen LogP contribution in [0.25, 0.3) is 5.69 Å². The first-order chi connectivity index (χ1) is 11.0. The van der Waals surface area contributed by atoms with Gasteiger partial charge in [-0.05, 0) is 42.5 Å². The van der Waals surface area contributed by atoms with E-state index in [0.717, 1.165) is 24.1 Å². The summed E-state index contributed by atoms with van der Waals surface area (Å²) in [5, 5.41) is 4.19. The number of nitrogens with zero attached hydrogens (tertiary/aromatic N) is 3. The molecule has 1 saturated heterocycles. The zero-order chi connectivity index (χ0) is 16.3. The number of hydrogen-bond acceptors (Lipinski definition) is 3. The largest absolute Gasteiger partial charge is 0.279 e. The lowest BCUT2D eigenvalue weighted by molar-refractivity contribution is 0.278. The predicted molar refractivity (Wildman–Crippen MR) is 89.3 cm³/mol. The van der Waals surface area contributed by atoms with Gasteiger partial charge in [-0.15, -0.1) is 0 Å². The highest BCUT2D eigenvalue weighted by atomic mass is 32.2. The molecule has 0 saturated carbocycles. The normalized spacial score (nSPS) is 19.8. The van der Waals surface area contributed by atoms with Crippen molar-refractivity contribution in [2.75, 3.05) is 13.1 Å². The number of benzene rings is 1. The lowest BCUT2D eigenvalue weighted by Gasteiger charge is -2.30. The van der Waals surface area contributed by atoms with Crippen LogP contribution in [0, 0.1) is 5.92 Å². The minimum Gasteiger partial charge on any atom is -0.241 e. The molecule has 0 spiro atoms. The molecule has 6 nitrogen and oxygen atoms in total. The number of aromatic nitrogens is 2. The standard InChI is InChI=1S/C16H22N4O2S/c1-14-5-3-9-19(13-14)23(21,22)18-12-15-6-2-7-16(11-15)20-10-4-8-17-20/h2,4,6-8,10-11,14,18H,3,5,9,12-13H2,1H3. The monoisotopic (exact) mass is 334 g/mol. The van der Waals surface area contributed by atoms with Crippen LogP contribution in [0.2, 0.25) is 0 Å². The van der Waals surface area contributed by atoms with Gasteiger partial charge in [0, 0.05) is 32.0 Å². The van der Waals surface area contributed by atoms with Gasteiger partial charge >= 0.3 is 0 Å². The van der Waals surface area contributed by atoms with Crippen LogP contribution in [0.4, 0.5) is 0 Å². The second-order valence-electron chi connectivity index (χ2n) is 6.05. The third kappa shape index (κ3) is 3.99. The van der Waals surface area contributed by atoms with E-state index in [4.69, 9.17) is 0 Å². The molecule has 1 aliphatic rings. The van der Waals surface area contributed by atoms with Gasteiger partial charge in [0.2, 0.25) is 0 Å². The van der Waals surface area contributed by atoms with Gasteiger partial charge < -0.3 is 0 Å². The Labute approximate surface area is 137 Å². The Balaban J connectivity index is 1.67. The maximum Gasteiger partial charge on any atom is 0.279 e. The maximum atomic E-state index is 12.4. The molecule has 3 rings (SSSR count). The van der Waals surface area contributed by atoms with Gasteiger partial charge in [-0.2, -0.15) is 22.5 Å². The van der Waals surface area contributed by atoms with Gasteiger partial charge in [0.25, 0.3) is 10.2 Å². The zero-order valence-electron chi connectivity index (χ0n) is 13.2. The van der Waals surface area contributed by atoms with Gasteiger partial charge in [-0.3, -0.25) is 0 Å². The highest BCUT2D eigenvalue weighted by Crippen LogP contribution is 2.18. The van der Waals surface area contributed by atoms with Gasteiger partial charge in [0.05, 0.1) is 5.69 Å². The van der Waals surface area contributed by atoms with Gasteiger partial charge in [0.15, 0.2) is 0 Å². The third-order valence-corrected chi connectivity index (χ3v) is 5.62. The second-order valence-corrected chi connectivity index (χ2v) is 7.81. The average Bonchev–Trinajstić information content (AvgIpc) is 3.08. The highest BCUT2D eigenvalue weighted by molar-refractivity contribution is 7.87. The SMILES string of the molecule is CC1CCCN(S(=O)(=O)NCc2cccc(-n3cccn3)c2)C1. The van der Waals surface area contributed by atoms with E-state index in [-0.39, 0.29) is 6.54 Å². The van der Waals surface area contributed by atoms with E-state index in [9.17, 15) is 8.42 Å². The molecule has 1 aromatic heterocycles. The number of piperidine rings is 1. The lowest BCUT2D eigenvalue weighted by Crippen LogP contribution is -2.45. The Hall–Kier alpha value is -1.70. The van der Waals surface area contributed by atoms with Gasteiger partial charge in [-0.25, -0.2) is 4.68 Å². The molecule has 0 bridgehead atoms. The van der Waals surface area contributed by atoms with Crippen LogP contribution in [-0.4, -0.2) is 35.6 Å². The van der Waals surface area contributed by atoms with Crippen molar-refractivity contribution in [2.45, 2.75) is 26.3 Å². The number of hydrogen-bond donors (Lipinski definition) is 1. The minimum absolute atomic E-state index is 0.280. The summed E-state index contributed by atoms with van der Waals surface area (Å²) in [7, 11) is -3.42. The van der Waals surface area contributed by atoms with Crippen LogP contribution in [0.5, 0.6) is 0 Å². The molecular weight excluding hydrogens is 312 g/mol. The summed E-state index contributed by atoms with van der Waals surface area (Å²) in [5.41, 5.74) is 1.82. The molecule has 2 aromatic rings. The first-order valence-corrected chi connectivity index (χ1v) is 9.32. The molecule has 1 fully saturated rings. The van der Waals surface area contributed by atoms with Crippen LogP contribution in [-0.2, 0) is 16.8 Å². The third-order valence-electron chi connectivity index (χ3n) is 4.10. The molecule has 7 heteroatoms. The summed E-state index contributed by atoms with van der Waals surface area (Å²) in [5.74, 6) is 0.420. The average molecular weight is 334 g/mol. The van der Waals surface area contributed by atoms with E-state index < -0.39 is 10.2 Å². The smallest absolute Gasteiger partial charge is 0.241 e. The van der Waals surface area contributed by atoms with Crippen LogP contribution in [0.15, 0.2) is 42.7 Å². The van der Waals surface area contributed by atoms with Crippen molar-refractivity contribution in [1.29, 1.82) is 0 Å². The van der Waals surface area contributed by atoms with E-state index >= 15 is 0 Å². The fraction of sp³-hybridized carbons (Fsp3) is 0.438. The molecule has 0 radical (unpaired) electrons. The molecule has 1 unspecified atom stereocenters. The molecule has 2 heterocycles. The fourth-order valence-corrected chi connectivity index (χ4v) is 4.21. The molecule has 1 N–H and O–H groups in total. The van der Waals surface area contributed by atoms with Gasteiger partial charge in [0.1, 0.15) is 0 Å². The minimum atomic E-state index is -3.42. The van der Waals surface area contributed by atoms with Crippen molar-refractivity contribution in [3.05, 3.63) is 48.3 Å². The van der Waals surface area contributed by atoms with Crippen LogP contribution >= 0.6 is 0 Å². The molecule has 1 aliphatic heterocycles. The summed E-state index contributed by atoms with van der Waals surface area (Å²) in [6, 6.07) is 9.55. The summed E-state index contributed by atoms with van der Waals surface area (Å²) in [6.07, 6.45) is 5.60. The first-order valence-electron chi connectivity index (χ1n) is 7.88. The van der Waals surface area contributed by atoms with Crippen molar-refractivity contribution in [3.8, 4) is 5.69 Å². The van der Waals surface area contributed by atoms with Crippen molar-refractivity contribution >= 4 is 10.2 Å². The summed E-state index contributed by atoms with van der Waals surface area (Å²) >= 11 is 0. The molecule has 23 heavy (non-hydrogen) atoms. The Morgan fingerprint density at radius 2 is 2.22 bits per heavy atom. The van der Waals surface area contributed by atoms with E-state index in [1.807, 2.05) is 36.5 Å². The Bertz CT molecular complexity index is 743. The van der Waals surface area contributed by atoms with Crippen LogP contribution in [0.3, 0.4) is 0 Å². The Kier molecular flexibility index (Phi) is 4.79. The summed E-state index contributed by atoms with van der Waals surface area (Å²) in [4.78, 5) is 0. The lowest BCUT2D eigenvalue weighted by atomic mass is 10.0. The predicted octanol–water partition coefficient (Wildman–Crippen LogP) is 1.94. The fourth-order valence-electron chi connectivity index (χ4n) is 2.86. The quantitative estimate of drug-likeness (QED) is 0.908. The van der Waals surface area contributed by atoms with E-state index in [1.54, 1.807) is 15.2 Å². The maximum absolute atomic E-state index is 12.4. The van der Waals surface area contributed by atoms with Gasteiger partial charge in [-0.1, -0.05) is 19.1 Å². The Morgan fingerprint density at radius 1 is 1.35 bits per heavy atom. The summed E-state index contributed by atoms with van der Waals surface area (Å²) < 4.78 is 30.8. The van der Waals surface area contributed by atoms with E-state index in [1.165, 1.54) is 0 Å². The topological polar surface area (TPSA) is 67.2 Å². The molecule has 0 amide bonds. The molecule has 0 aliphatic carbocycles. The molecule has 1 aromatic carbocycles.